The van der Waals surface area contributed by atoms with Gasteiger partial charge in [0.25, 0.3) is 0 Å². The predicted octanol–water partition coefficient (Wildman–Crippen LogP) is 27.0. The number of unbranched alkanes of at least 4 members (excludes halogenated alkanes) is 52. The highest BCUT2D eigenvalue weighted by molar-refractivity contribution is 5.70. The molecule has 5 nitrogen and oxygen atoms in total. The van der Waals surface area contributed by atoms with Crippen LogP contribution in [-0.4, -0.2) is 36.4 Å². The lowest BCUT2D eigenvalue weighted by atomic mass is 10.0. The van der Waals surface area contributed by atoms with E-state index in [1.165, 1.54) is 315 Å². The minimum absolute atomic E-state index is 0.0598. The van der Waals surface area contributed by atoms with Crippen molar-refractivity contribution in [1.29, 1.82) is 0 Å². The fourth-order valence-corrected chi connectivity index (χ4v) is 11.8. The van der Waals surface area contributed by atoms with Crippen molar-refractivity contribution < 1.29 is 24.2 Å². The quantitative estimate of drug-likeness (QED) is 0.0373. The van der Waals surface area contributed by atoms with Crippen LogP contribution in [0.4, 0.5) is 0 Å². The molecule has 0 aliphatic rings. The highest BCUT2D eigenvalue weighted by Gasteiger charge is 2.16. The normalized spacial score (nSPS) is 12.5. The average molecular weight is 1200 g/mol. The number of carbonyl (C=O) groups excluding carboxylic acids is 2. The molecule has 1 unspecified atom stereocenters. The number of hydrogen-bond donors (Lipinski definition) is 1. The van der Waals surface area contributed by atoms with Gasteiger partial charge in [0.1, 0.15) is 6.61 Å². The summed E-state index contributed by atoms with van der Waals surface area (Å²) in [4.78, 5) is 24.7. The van der Waals surface area contributed by atoms with Gasteiger partial charge in [-0.1, -0.05) is 408 Å². The Morgan fingerprint density at radius 2 is 0.500 bits per heavy atom. The zero-order valence-electron chi connectivity index (χ0n) is 57.8. The van der Waals surface area contributed by atoms with Crippen LogP contribution in [0.15, 0.2) is 72.9 Å². The first-order valence-electron chi connectivity index (χ1n) is 38.5. The minimum atomic E-state index is -0.771. The Bertz CT molecular complexity index is 1500. The van der Waals surface area contributed by atoms with Crippen LogP contribution < -0.4 is 0 Å². The standard InChI is InChI=1S/C81H148O5/c1-3-5-7-9-11-13-15-17-19-21-23-25-27-29-31-33-35-36-37-38-39-40-41-42-43-44-46-48-50-52-54-56-58-60-62-64-66-68-70-72-74-76-81(84)86-79(77-82)78-85-80(83)75-73-71-69-67-65-63-61-59-57-55-53-51-49-47-45-34-32-30-28-26-24-22-20-18-16-14-12-10-8-6-4-2/h5,7,11,13,17,19,23,25,29,31,35-36,79,82H,3-4,6,8-10,12,14-16,18,20-22,24,26-28,30,32-34,37-78H2,1-2H3/b7-5-,13-11-,19-17-,25-23-,31-29-,36-35-. The van der Waals surface area contributed by atoms with Crippen LogP contribution in [0.5, 0.6) is 0 Å². The molecule has 0 rings (SSSR count). The first-order valence-corrected chi connectivity index (χ1v) is 38.5. The molecule has 0 spiro atoms. The SMILES string of the molecule is CC/C=C\C/C=C\C/C=C\C/C=C\C/C=C\C/C=C\CCCCCCCCCCCCCCCCCCCCCCCCC(=O)OC(CO)COC(=O)CCCCCCCCCCCCCCCCCCCCCCCCCCCCCCCCC. The van der Waals surface area contributed by atoms with Crippen LogP contribution in [0, 0.1) is 0 Å². The van der Waals surface area contributed by atoms with Crippen molar-refractivity contribution in [1.82, 2.24) is 0 Å². The second-order valence-corrected chi connectivity index (χ2v) is 26.1. The maximum absolute atomic E-state index is 12.4. The van der Waals surface area contributed by atoms with Crippen molar-refractivity contribution in [3.8, 4) is 0 Å². The largest absolute Gasteiger partial charge is 0.462 e. The lowest BCUT2D eigenvalue weighted by Crippen LogP contribution is -2.28. The van der Waals surface area contributed by atoms with Gasteiger partial charge in [0.2, 0.25) is 0 Å². The fraction of sp³-hybridized carbons (Fsp3) is 0.827. The molecule has 0 aromatic carbocycles. The third kappa shape index (κ3) is 73.8. The lowest BCUT2D eigenvalue weighted by Gasteiger charge is -2.15. The zero-order valence-corrected chi connectivity index (χ0v) is 57.8. The summed E-state index contributed by atoms with van der Waals surface area (Å²) in [5, 5.41) is 9.72. The van der Waals surface area contributed by atoms with Crippen molar-refractivity contribution in [3.05, 3.63) is 72.9 Å². The van der Waals surface area contributed by atoms with Gasteiger partial charge in [-0.2, -0.15) is 0 Å². The third-order valence-electron chi connectivity index (χ3n) is 17.5. The van der Waals surface area contributed by atoms with Gasteiger partial charge in [-0.25, -0.2) is 0 Å². The summed E-state index contributed by atoms with van der Waals surface area (Å²) < 4.78 is 10.8. The molecule has 0 fully saturated rings. The van der Waals surface area contributed by atoms with Crippen molar-refractivity contribution in [2.24, 2.45) is 0 Å². The molecule has 1 atom stereocenters. The Morgan fingerprint density at radius 1 is 0.279 bits per heavy atom. The molecule has 5 heteroatoms. The molecule has 0 saturated carbocycles. The van der Waals surface area contributed by atoms with Gasteiger partial charge in [0.05, 0.1) is 6.61 Å². The van der Waals surface area contributed by atoms with Crippen molar-refractivity contribution in [2.75, 3.05) is 13.2 Å². The molecule has 0 radical (unpaired) electrons. The van der Waals surface area contributed by atoms with Crippen LogP contribution in [0.3, 0.4) is 0 Å². The Balaban J connectivity index is 3.39. The summed E-state index contributed by atoms with van der Waals surface area (Å²) in [7, 11) is 0. The van der Waals surface area contributed by atoms with E-state index in [2.05, 4.69) is 86.8 Å². The Kier molecular flexibility index (Phi) is 74.2. The third-order valence-corrected chi connectivity index (χ3v) is 17.5. The van der Waals surface area contributed by atoms with E-state index in [9.17, 15) is 14.7 Å². The van der Waals surface area contributed by atoms with Gasteiger partial charge in [-0.15, -0.1) is 0 Å². The molecule has 0 aromatic heterocycles. The Hall–Kier alpha value is -2.66. The maximum atomic E-state index is 12.4. The van der Waals surface area contributed by atoms with Crippen LogP contribution in [0.25, 0.3) is 0 Å². The van der Waals surface area contributed by atoms with E-state index < -0.39 is 6.10 Å². The number of hydrogen-bond acceptors (Lipinski definition) is 5. The minimum Gasteiger partial charge on any atom is -0.462 e. The lowest BCUT2D eigenvalue weighted by molar-refractivity contribution is -0.161. The number of ether oxygens (including phenoxy) is 2. The summed E-state index contributed by atoms with van der Waals surface area (Å²) in [5.74, 6) is -0.565. The maximum Gasteiger partial charge on any atom is 0.306 e. The van der Waals surface area contributed by atoms with E-state index in [0.717, 1.165) is 70.6 Å². The van der Waals surface area contributed by atoms with Crippen LogP contribution in [0.2, 0.25) is 0 Å². The Labute approximate surface area is 537 Å². The molecule has 502 valence electrons. The fourth-order valence-electron chi connectivity index (χ4n) is 11.8. The summed E-state index contributed by atoms with van der Waals surface area (Å²) in [6.07, 6.45) is 107. The summed E-state index contributed by atoms with van der Waals surface area (Å²) >= 11 is 0. The van der Waals surface area contributed by atoms with Crippen LogP contribution in [0.1, 0.15) is 412 Å². The molecular weight excluding hydrogens is 1050 g/mol. The second-order valence-electron chi connectivity index (χ2n) is 26.1. The topological polar surface area (TPSA) is 72.8 Å². The molecule has 0 saturated heterocycles. The second kappa shape index (κ2) is 76.6. The van der Waals surface area contributed by atoms with Gasteiger partial charge >= 0.3 is 11.9 Å². The smallest absolute Gasteiger partial charge is 0.306 e. The van der Waals surface area contributed by atoms with E-state index in [1.54, 1.807) is 0 Å². The van der Waals surface area contributed by atoms with Crippen LogP contribution >= 0.6 is 0 Å². The monoisotopic (exact) mass is 1200 g/mol. The predicted molar refractivity (Wildman–Crippen MR) is 380 cm³/mol. The van der Waals surface area contributed by atoms with Crippen molar-refractivity contribution in [2.45, 2.75) is 418 Å². The van der Waals surface area contributed by atoms with E-state index in [-0.39, 0.29) is 25.2 Å². The molecule has 0 amide bonds. The van der Waals surface area contributed by atoms with Crippen molar-refractivity contribution >= 4 is 11.9 Å². The number of allylic oxidation sites excluding steroid dienone is 12. The van der Waals surface area contributed by atoms with Gasteiger partial charge in [-0.3, -0.25) is 9.59 Å². The number of aliphatic hydroxyl groups excluding tert-OH is 1. The van der Waals surface area contributed by atoms with Gasteiger partial charge in [0.15, 0.2) is 6.10 Å². The molecule has 0 aliphatic carbocycles. The number of aliphatic hydroxyl groups is 1. The van der Waals surface area contributed by atoms with Gasteiger partial charge in [-0.05, 0) is 64.2 Å². The highest BCUT2D eigenvalue weighted by Crippen LogP contribution is 2.20. The van der Waals surface area contributed by atoms with E-state index in [1.807, 2.05) is 0 Å². The van der Waals surface area contributed by atoms with E-state index >= 15 is 0 Å². The molecule has 0 heterocycles. The summed E-state index contributed by atoms with van der Waals surface area (Å²) in [6.45, 7) is 4.09. The number of carbonyl (C=O) groups is 2. The first kappa shape index (κ1) is 83.3. The highest BCUT2D eigenvalue weighted by atomic mass is 16.6. The first-order chi connectivity index (χ1) is 42.6. The molecule has 1 N–H and O–H groups in total. The molecular formula is C81H148O5. The Morgan fingerprint density at radius 3 is 0.756 bits per heavy atom. The zero-order chi connectivity index (χ0) is 61.9. The molecule has 0 bridgehead atoms. The number of rotatable bonds is 72. The van der Waals surface area contributed by atoms with Crippen molar-refractivity contribution in [3.63, 3.8) is 0 Å². The summed E-state index contributed by atoms with van der Waals surface area (Å²) in [6, 6.07) is 0. The van der Waals surface area contributed by atoms with E-state index in [4.69, 9.17) is 9.47 Å². The molecule has 0 aromatic rings. The molecule has 86 heavy (non-hydrogen) atoms. The van der Waals surface area contributed by atoms with Gasteiger partial charge in [0, 0.05) is 12.8 Å². The summed E-state index contributed by atoms with van der Waals surface area (Å²) in [5.41, 5.74) is 0. The van der Waals surface area contributed by atoms with E-state index in [0.29, 0.717) is 12.8 Å². The molecule has 0 aliphatic heterocycles. The van der Waals surface area contributed by atoms with Gasteiger partial charge < -0.3 is 14.6 Å². The number of esters is 2. The van der Waals surface area contributed by atoms with Crippen LogP contribution in [-0.2, 0) is 19.1 Å². The average Bonchev–Trinajstić information content (AvgIpc) is 3.54.